The zero-order chi connectivity index (χ0) is 11.2. The monoisotopic (exact) mass is 213 g/mol. The van der Waals surface area contributed by atoms with Crippen molar-refractivity contribution in [3.8, 4) is 0 Å². The second-order valence-electron chi connectivity index (χ2n) is 5.38. The van der Waals surface area contributed by atoms with Crippen LogP contribution in [0.25, 0.3) is 0 Å². The van der Waals surface area contributed by atoms with Crippen LogP contribution in [0, 0.1) is 13.8 Å². The van der Waals surface area contributed by atoms with Crippen LogP contribution in [-0.4, -0.2) is 13.1 Å². The molecule has 2 radical (unpaired) electrons. The number of hydrogen-bond acceptors (Lipinski definition) is 1. The number of benzene rings is 1. The van der Waals surface area contributed by atoms with Crippen LogP contribution in [0.1, 0.15) is 41.9 Å². The molecule has 0 aromatic heterocycles. The molecule has 0 bridgehead atoms. The van der Waals surface area contributed by atoms with Crippen LogP contribution in [0.15, 0.2) is 18.2 Å². The van der Waals surface area contributed by atoms with E-state index in [-0.39, 0.29) is 5.92 Å². The molecule has 1 aliphatic carbocycles. The van der Waals surface area contributed by atoms with Crippen molar-refractivity contribution in [2.24, 2.45) is 0 Å². The summed E-state index contributed by atoms with van der Waals surface area (Å²) < 4.78 is 0. The maximum atomic E-state index is 6.30. The number of piperidine rings is 1. The van der Waals surface area contributed by atoms with E-state index in [4.69, 9.17) is 6.92 Å². The molecule has 84 valence electrons. The van der Waals surface area contributed by atoms with E-state index in [0.717, 1.165) is 19.5 Å². The molecule has 1 N–H and O–H groups in total. The lowest BCUT2D eigenvalue weighted by atomic mass is 9.72. The second kappa shape index (κ2) is 3.59. The van der Waals surface area contributed by atoms with Crippen LogP contribution in [0.5, 0.6) is 0 Å². The summed E-state index contributed by atoms with van der Waals surface area (Å²) in [5, 5.41) is 3.46. The molecule has 1 fully saturated rings. The Balaban J connectivity index is 2.13. The molecule has 3 rings (SSSR count). The van der Waals surface area contributed by atoms with Crippen molar-refractivity contribution < 1.29 is 0 Å². The van der Waals surface area contributed by atoms with Gasteiger partial charge in [-0.05, 0) is 74.2 Å². The number of fused-ring (bicyclic) bond motifs is 2. The Morgan fingerprint density at radius 1 is 1.31 bits per heavy atom. The molecule has 1 heteroatoms. The van der Waals surface area contributed by atoms with E-state index in [1.165, 1.54) is 24.0 Å². The molecule has 1 aromatic carbocycles. The molecule has 1 aliphatic heterocycles. The minimum atomic E-state index is 0.257. The maximum Gasteiger partial charge on any atom is -0.00115 e. The third-order valence-electron chi connectivity index (χ3n) is 4.41. The summed E-state index contributed by atoms with van der Waals surface area (Å²) in [5.41, 5.74) is 4.80. The predicted molar refractivity (Wildman–Crippen MR) is 66.6 cm³/mol. The molecule has 1 heterocycles. The van der Waals surface area contributed by atoms with E-state index in [9.17, 15) is 0 Å². The summed E-state index contributed by atoms with van der Waals surface area (Å²) in [5.74, 6) is 0.257. The van der Waals surface area contributed by atoms with Crippen molar-refractivity contribution in [1.29, 1.82) is 0 Å². The van der Waals surface area contributed by atoms with Crippen molar-refractivity contribution in [2.45, 2.75) is 37.5 Å². The van der Waals surface area contributed by atoms with E-state index < -0.39 is 0 Å². The van der Waals surface area contributed by atoms with Gasteiger partial charge in [0, 0.05) is 0 Å². The Bertz CT molecular complexity index is 402. The van der Waals surface area contributed by atoms with Gasteiger partial charge in [0.15, 0.2) is 0 Å². The Hall–Kier alpha value is -0.820. The molecule has 0 amide bonds. The van der Waals surface area contributed by atoms with Crippen LogP contribution in [-0.2, 0) is 5.41 Å². The lowest BCUT2D eigenvalue weighted by Gasteiger charge is -2.36. The molecular weight excluding hydrogens is 194 g/mol. The molecule has 1 aromatic rings. The smallest absolute Gasteiger partial charge is 0.00115 e. The van der Waals surface area contributed by atoms with Gasteiger partial charge < -0.3 is 5.32 Å². The SMILES string of the molecule is [CH]C1CC2(CCNCC2)c2c(C)cccc21. The van der Waals surface area contributed by atoms with Crippen molar-refractivity contribution in [3.63, 3.8) is 0 Å². The average molecular weight is 213 g/mol. The number of aryl methyl sites for hydroxylation is 1. The summed E-state index contributed by atoms with van der Waals surface area (Å²) in [6.07, 6.45) is 3.64. The summed E-state index contributed by atoms with van der Waals surface area (Å²) in [6.45, 7) is 10.8. The van der Waals surface area contributed by atoms with Crippen molar-refractivity contribution in [1.82, 2.24) is 5.32 Å². The predicted octanol–water partition coefficient (Wildman–Crippen LogP) is 2.81. The minimum absolute atomic E-state index is 0.257. The van der Waals surface area contributed by atoms with Gasteiger partial charge in [-0.15, -0.1) is 0 Å². The van der Waals surface area contributed by atoms with Crippen LogP contribution >= 0.6 is 0 Å². The quantitative estimate of drug-likeness (QED) is 0.699. The van der Waals surface area contributed by atoms with Gasteiger partial charge in [-0.25, -0.2) is 0 Å². The zero-order valence-corrected chi connectivity index (χ0v) is 9.92. The Morgan fingerprint density at radius 2 is 2.06 bits per heavy atom. The third kappa shape index (κ3) is 1.34. The molecule has 1 saturated heterocycles. The van der Waals surface area contributed by atoms with Gasteiger partial charge in [0.05, 0.1) is 0 Å². The molecule has 0 saturated carbocycles. The van der Waals surface area contributed by atoms with E-state index in [0.29, 0.717) is 5.41 Å². The first-order chi connectivity index (χ1) is 7.73. The molecule has 2 aliphatic rings. The molecule has 16 heavy (non-hydrogen) atoms. The second-order valence-corrected chi connectivity index (χ2v) is 5.38. The largest absolute Gasteiger partial charge is 0.317 e. The molecular formula is C15H19N. The van der Waals surface area contributed by atoms with Crippen molar-refractivity contribution in [2.75, 3.05) is 13.1 Å². The highest BCUT2D eigenvalue weighted by Crippen LogP contribution is 2.51. The molecule has 1 atom stereocenters. The first-order valence-electron chi connectivity index (χ1n) is 6.29. The minimum Gasteiger partial charge on any atom is -0.317 e. The first-order valence-corrected chi connectivity index (χ1v) is 6.29. The Kier molecular flexibility index (Phi) is 2.32. The standard InChI is InChI=1S/C15H19N/c1-11-4-3-5-13-12(2)10-15(14(11)13)6-8-16-9-7-15/h2-5,12,16H,6-10H2,1H3. The van der Waals surface area contributed by atoms with Crippen LogP contribution in [0.3, 0.4) is 0 Å². The first kappa shape index (κ1) is 10.3. The number of hydrogen-bond donors (Lipinski definition) is 1. The van der Waals surface area contributed by atoms with Crippen molar-refractivity contribution in [3.05, 3.63) is 41.8 Å². The molecule has 1 spiro atoms. The Morgan fingerprint density at radius 3 is 2.81 bits per heavy atom. The van der Waals surface area contributed by atoms with Crippen molar-refractivity contribution >= 4 is 0 Å². The van der Waals surface area contributed by atoms with Gasteiger partial charge in [0.1, 0.15) is 0 Å². The highest BCUT2D eigenvalue weighted by Gasteiger charge is 2.43. The number of rotatable bonds is 0. The number of nitrogens with one attached hydrogen (secondary N) is 1. The third-order valence-corrected chi connectivity index (χ3v) is 4.41. The summed E-state index contributed by atoms with van der Waals surface area (Å²) in [4.78, 5) is 0. The van der Waals surface area contributed by atoms with E-state index >= 15 is 0 Å². The van der Waals surface area contributed by atoms with Gasteiger partial charge in [-0.2, -0.15) is 0 Å². The summed E-state index contributed by atoms with van der Waals surface area (Å²) >= 11 is 0. The Labute approximate surface area is 98.3 Å². The molecule has 1 nitrogen and oxygen atoms in total. The van der Waals surface area contributed by atoms with E-state index in [1.807, 2.05) is 0 Å². The van der Waals surface area contributed by atoms with Crippen LogP contribution in [0.2, 0.25) is 0 Å². The fourth-order valence-corrected chi connectivity index (χ4v) is 3.72. The lowest BCUT2D eigenvalue weighted by molar-refractivity contribution is 0.299. The topological polar surface area (TPSA) is 12.0 Å². The van der Waals surface area contributed by atoms with Gasteiger partial charge in [0.25, 0.3) is 0 Å². The normalized spacial score (nSPS) is 27.0. The van der Waals surface area contributed by atoms with Crippen LogP contribution < -0.4 is 5.32 Å². The van der Waals surface area contributed by atoms with Gasteiger partial charge in [-0.3, -0.25) is 0 Å². The van der Waals surface area contributed by atoms with Gasteiger partial charge in [-0.1, -0.05) is 18.2 Å². The van der Waals surface area contributed by atoms with Gasteiger partial charge >= 0.3 is 0 Å². The summed E-state index contributed by atoms with van der Waals surface area (Å²) in [6, 6.07) is 6.61. The fraction of sp³-hybridized carbons (Fsp3) is 0.533. The zero-order valence-electron chi connectivity index (χ0n) is 9.92. The lowest BCUT2D eigenvalue weighted by Crippen LogP contribution is -2.38. The fourth-order valence-electron chi connectivity index (χ4n) is 3.72. The van der Waals surface area contributed by atoms with E-state index in [2.05, 4.69) is 30.4 Å². The summed E-state index contributed by atoms with van der Waals surface area (Å²) in [7, 11) is 0. The van der Waals surface area contributed by atoms with Gasteiger partial charge in [0.2, 0.25) is 0 Å². The molecule has 1 unspecified atom stereocenters. The highest BCUT2D eigenvalue weighted by atomic mass is 14.9. The highest BCUT2D eigenvalue weighted by molar-refractivity contribution is 5.48. The van der Waals surface area contributed by atoms with Crippen LogP contribution in [0.4, 0.5) is 0 Å². The van der Waals surface area contributed by atoms with E-state index in [1.54, 1.807) is 5.56 Å². The average Bonchev–Trinajstić information content (AvgIpc) is 2.55. The maximum absolute atomic E-state index is 6.30.